The Morgan fingerprint density at radius 2 is 1.97 bits per heavy atom. The standard InChI is InChI=1S/C22H23ClN4O5S/c1-13-8-14(2)10-15(9-13)24-22-26(6-7-32-3)21(29)19(33-22)12-20(28)25-18-11-16(27(30)31)4-5-17(18)23/h4-5,8-11,19H,6-7,12H2,1-3H3,(H,25,28). The highest BCUT2D eigenvalue weighted by Gasteiger charge is 2.39. The second-order valence-electron chi connectivity index (χ2n) is 7.50. The second kappa shape index (κ2) is 10.8. The molecule has 0 spiro atoms. The van der Waals surface area contributed by atoms with Crippen LogP contribution in [0, 0.1) is 24.0 Å². The Morgan fingerprint density at radius 3 is 2.61 bits per heavy atom. The number of nitro benzene ring substituents is 1. The zero-order valence-corrected chi connectivity index (χ0v) is 19.9. The van der Waals surface area contributed by atoms with Gasteiger partial charge in [0.25, 0.3) is 5.69 Å². The number of hydrogen-bond acceptors (Lipinski definition) is 7. The number of anilines is 1. The molecular formula is C22H23ClN4O5S. The summed E-state index contributed by atoms with van der Waals surface area (Å²) in [6.07, 6.45) is -0.141. The Bertz CT molecular complexity index is 1100. The third-order valence-electron chi connectivity index (χ3n) is 4.78. The Kier molecular flexibility index (Phi) is 8.06. The number of aryl methyl sites for hydroxylation is 2. The Hall–Kier alpha value is -2.95. The monoisotopic (exact) mass is 490 g/mol. The number of halogens is 1. The fourth-order valence-electron chi connectivity index (χ4n) is 3.33. The molecule has 0 aromatic heterocycles. The highest BCUT2D eigenvalue weighted by molar-refractivity contribution is 8.15. The van der Waals surface area contributed by atoms with Crippen molar-refractivity contribution in [3.8, 4) is 0 Å². The van der Waals surface area contributed by atoms with Gasteiger partial charge < -0.3 is 10.1 Å². The van der Waals surface area contributed by atoms with E-state index in [2.05, 4.69) is 10.3 Å². The third-order valence-corrected chi connectivity index (χ3v) is 6.28. The molecule has 2 amide bonds. The summed E-state index contributed by atoms with van der Waals surface area (Å²) in [5, 5.41) is 13.5. The van der Waals surface area contributed by atoms with Gasteiger partial charge in [0.2, 0.25) is 11.8 Å². The van der Waals surface area contributed by atoms with E-state index in [0.29, 0.717) is 18.3 Å². The summed E-state index contributed by atoms with van der Waals surface area (Å²) in [4.78, 5) is 42.2. The predicted molar refractivity (Wildman–Crippen MR) is 129 cm³/mol. The van der Waals surface area contributed by atoms with Crippen LogP contribution in [-0.2, 0) is 14.3 Å². The van der Waals surface area contributed by atoms with Crippen molar-refractivity contribution >= 4 is 57.4 Å². The molecule has 1 unspecified atom stereocenters. The number of amidine groups is 1. The number of carbonyl (C=O) groups is 2. The maximum Gasteiger partial charge on any atom is 0.271 e. The largest absolute Gasteiger partial charge is 0.383 e. The molecule has 1 aliphatic heterocycles. The first-order valence-corrected chi connectivity index (χ1v) is 11.3. The summed E-state index contributed by atoms with van der Waals surface area (Å²) in [5.74, 6) is -0.733. The van der Waals surface area contributed by atoms with Crippen molar-refractivity contribution in [3.63, 3.8) is 0 Å². The fourth-order valence-corrected chi connectivity index (χ4v) is 4.68. The molecule has 174 valence electrons. The van der Waals surface area contributed by atoms with E-state index in [-0.39, 0.29) is 28.7 Å². The quantitative estimate of drug-likeness (QED) is 0.431. The molecule has 1 fully saturated rings. The molecule has 2 aromatic rings. The number of thioether (sulfide) groups is 1. The van der Waals surface area contributed by atoms with E-state index in [1.165, 1.54) is 34.9 Å². The Morgan fingerprint density at radius 1 is 1.27 bits per heavy atom. The SMILES string of the molecule is COCCN1C(=O)C(CC(=O)Nc2cc([N+](=O)[O-])ccc2Cl)SC1=Nc1cc(C)cc(C)c1. The molecule has 0 bridgehead atoms. The fraction of sp³-hybridized carbons (Fsp3) is 0.318. The molecule has 0 saturated carbocycles. The molecule has 11 heteroatoms. The van der Waals surface area contributed by atoms with Crippen molar-refractivity contribution in [2.24, 2.45) is 4.99 Å². The minimum absolute atomic E-state index is 0.117. The van der Waals surface area contributed by atoms with Gasteiger partial charge in [-0.15, -0.1) is 0 Å². The van der Waals surface area contributed by atoms with Crippen molar-refractivity contribution in [2.45, 2.75) is 25.5 Å². The van der Waals surface area contributed by atoms with Crippen LogP contribution in [0.1, 0.15) is 17.5 Å². The van der Waals surface area contributed by atoms with Gasteiger partial charge in [0, 0.05) is 25.7 Å². The van der Waals surface area contributed by atoms with Crippen molar-refractivity contribution in [1.82, 2.24) is 4.90 Å². The van der Waals surface area contributed by atoms with Crippen LogP contribution < -0.4 is 5.32 Å². The minimum atomic E-state index is -0.691. The van der Waals surface area contributed by atoms with Gasteiger partial charge in [-0.3, -0.25) is 24.6 Å². The first kappa shape index (κ1) is 24.7. The lowest BCUT2D eigenvalue weighted by molar-refractivity contribution is -0.384. The molecule has 1 N–H and O–H groups in total. The van der Waals surface area contributed by atoms with E-state index < -0.39 is 16.1 Å². The number of nitrogens with zero attached hydrogens (tertiary/aromatic N) is 3. The topological polar surface area (TPSA) is 114 Å². The number of ether oxygens (including phenoxy) is 1. The van der Waals surface area contributed by atoms with Crippen LogP contribution in [0.5, 0.6) is 0 Å². The molecule has 1 saturated heterocycles. The number of amides is 2. The van der Waals surface area contributed by atoms with E-state index in [9.17, 15) is 19.7 Å². The number of methoxy groups -OCH3 is 1. The molecule has 1 heterocycles. The maximum absolute atomic E-state index is 13.0. The zero-order valence-electron chi connectivity index (χ0n) is 18.3. The van der Waals surface area contributed by atoms with Crippen LogP contribution >= 0.6 is 23.4 Å². The third kappa shape index (κ3) is 6.31. The molecule has 1 atom stereocenters. The summed E-state index contributed by atoms with van der Waals surface area (Å²) in [6.45, 7) is 4.57. The van der Waals surface area contributed by atoms with Crippen LogP contribution in [0.3, 0.4) is 0 Å². The van der Waals surface area contributed by atoms with E-state index in [4.69, 9.17) is 16.3 Å². The van der Waals surface area contributed by atoms with Gasteiger partial charge in [0.15, 0.2) is 5.17 Å². The molecular weight excluding hydrogens is 468 g/mol. The number of benzene rings is 2. The average molecular weight is 491 g/mol. The van der Waals surface area contributed by atoms with Gasteiger partial charge >= 0.3 is 0 Å². The highest BCUT2D eigenvalue weighted by Crippen LogP contribution is 2.33. The first-order valence-electron chi connectivity index (χ1n) is 10.1. The van der Waals surface area contributed by atoms with E-state index >= 15 is 0 Å². The zero-order chi connectivity index (χ0) is 24.1. The molecule has 3 rings (SSSR count). The minimum Gasteiger partial charge on any atom is -0.383 e. The summed E-state index contributed by atoms with van der Waals surface area (Å²) >= 11 is 7.26. The van der Waals surface area contributed by atoms with Gasteiger partial charge in [-0.2, -0.15) is 0 Å². The molecule has 0 aliphatic carbocycles. The number of nitrogens with one attached hydrogen (secondary N) is 1. The van der Waals surface area contributed by atoms with E-state index in [1.807, 2.05) is 32.0 Å². The number of rotatable bonds is 8. The van der Waals surface area contributed by atoms with Gasteiger partial charge in [-0.05, 0) is 43.2 Å². The van der Waals surface area contributed by atoms with Gasteiger partial charge in [-0.25, -0.2) is 4.99 Å². The summed E-state index contributed by atoms with van der Waals surface area (Å²) in [5.41, 5.74) is 2.74. The van der Waals surface area contributed by atoms with Gasteiger partial charge in [0.1, 0.15) is 5.25 Å². The number of aliphatic imine (C=N–C) groups is 1. The summed E-state index contributed by atoms with van der Waals surface area (Å²) in [6, 6.07) is 9.64. The van der Waals surface area contributed by atoms with E-state index in [1.54, 1.807) is 7.11 Å². The number of carbonyl (C=O) groups excluding carboxylic acids is 2. The Labute approximate surface area is 200 Å². The van der Waals surface area contributed by atoms with Crippen molar-refractivity contribution < 1.29 is 19.2 Å². The summed E-state index contributed by atoms with van der Waals surface area (Å²) in [7, 11) is 1.54. The lowest BCUT2D eigenvalue weighted by Gasteiger charge is -2.16. The predicted octanol–water partition coefficient (Wildman–Crippen LogP) is 4.47. The van der Waals surface area contributed by atoms with Gasteiger partial charge in [0.05, 0.1) is 34.5 Å². The maximum atomic E-state index is 13.0. The van der Waals surface area contributed by atoms with Crippen molar-refractivity contribution in [2.75, 3.05) is 25.6 Å². The van der Waals surface area contributed by atoms with Crippen molar-refractivity contribution in [3.05, 3.63) is 62.7 Å². The van der Waals surface area contributed by atoms with Crippen LogP contribution in [-0.4, -0.2) is 52.3 Å². The van der Waals surface area contributed by atoms with Crippen molar-refractivity contribution in [1.29, 1.82) is 0 Å². The number of nitro groups is 1. The lowest BCUT2D eigenvalue weighted by atomic mass is 10.1. The average Bonchev–Trinajstić information content (AvgIpc) is 3.01. The molecule has 9 nitrogen and oxygen atoms in total. The molecule has 2 aromatic carbocycles. The first-order chi connectivity index (χ1) is 15.7. The van der Waals surface area contributed by atoms with E-state index in [0.717, 1.165) is 16.8 Å². The normalized spacial score (nSPS) is 17.0. The molecule has 0 radical (unpaired) electrons. The summed E-state index contributed by atoms with van der Waals surface area (Å²) < 4.78 is 5.12. The number of hydrogen-bond donors (Lipinski definition) is 1. The van der Waals surface area contributed by atoms with Crippen LogP contribution in [0.25, 0.3) is 0 Å². The molecule has 33 heavy (non-hydrogen) atoms. The second-order valence-corrected chi connectivity index (χ2v) is 9.08. The van der Waals surface area contributed by atoms with Crippen LogP contribution in [0.4, 0.5) is 17.1 Å². The molecule has 1 aliphatic rings. The smallest absolute Gasteiger partial charge is 0.271 e. The number of non-ortho nitro benzene ring substituents is 1. The van der Waals surface area contributed by atoms with Crippen LogP contribution in [0.15, 0.2) is 41.4 Å². The van der Waals surface area contributed by atoms with Crippen LogP contribution in [0.2, 0.25) is 5.02 Å². The van der Waals surface area contributed by atoms with Gasteiger partial charge in [-0.1, -0.05) is 29.4 Å². The Balaban J connectivity index is 1.78. The lowest BCUT2D eigenvalue weighted by Crippen LogP contribution is -2.35. The highest BCUT2D eigenvalue weighted by atomic mass is 35.5.